The van der Waals surface area contributed by atoms with Crippen LogP contribution in [0.25, 0.3) is 21.9 Å². The summed E-state index contributed by atoms with van der Waals surface area (Å²) < 4.78 is 137. The maximum atomic E-state index is 13.2. The molecular weight excluding hydrogens is 1160 g/mol. The van der Waals surface area contributed by atoms with E-state index in [0.29, 0.717) is 29.5 Å². The Bertz CT molecular complexity index is 4600. The lowest BCUT2D eigenvalue weighted by Crippen LogP contribution is -2.16. The molecule has 0 aliphatic carbocycles. The number of rotatable bonds is 17. The zero-order chi connectivity index (χ0) is 58.9. The second-order valence-electron chi connectivity index (χ2n) is 16.6. The third-order valence-electron chi connectivity index (χ3n) is 11.4. The van der Waals surface area contributed by atoms with Gasteiger partial charge in [-0.25, -0.2) is 9.78 Å². The van der Waals surface area contributed by atoms with Gasteiger partial charge >= 0.3 is 5.97 Å². The van der Waals surface area contributed by atoms with Crippen LogP contribution in [0, 0.1) is 39.7 Å². The van der Waals surface area contributed by atoms with E-state index in [-0.39, 0.29) is 83.3 Å². The first kappa shape index (κ1) is 57.4. The molecule has 0 aliphatic heterocycles. The van der Waals surface area contributed by atoms with E-state index in [1.54, 1.807) is 0 Å². The van der Waals surface area contributed by atoms with E-state index in [4.69, 9.17) is 0 Å². The molecule has 81 heavy (non-hydrogen) atoms. The summed E-state index contributed by atoms with van der Waals surface area (Å²) in [6.45, 7) is 1.43. The first-order valence-corrected chi connectivity index (χ1v) is 28.6. The molecule has 0 spiro atoms. The molecule has 6 aromatic carbocycles. The fourth-order valence-corrected chi connectivity index (χ4v) is 11.0. The van der Waals surface area contributed by atoms with Crippen LogP contribution in [-0.2, 0) is 40.5 Å². The van der Waals surface area contributed by atoms with Gasteiger partial charge in [0.25, 0.3) is 52.1 Å². The quantitative estimate of drug-likeness (QED) is 0.0182. The van der Waals surface area contributed by atoms with Crippen molar-refractivity contribution >= 4 is 130 Å². The van der Waals surface area contributed by atoms with Crippen LogP contribution in [0.1, 0.15) is 37.4 Å². The topological polar surface area (TPSA) is 461 Å². The molecular formula is C48H31N11O17S5. The number of anilines is 5. The number of aromatic carboxylic acids is 1. The molecule has 2 aromatic heterocycles. The summed E-state index contributed by atoms with van der Waals surface area (Å²) in [6.07, 6.45) is 0. The molecule has 28 nitrogen and oxygen atoms in total. The predicted octanol–water partition coefficient (Wildman–Crippen LogP) is 10.2. The van der Waals surface area contributed by atoms with Gasteiger partial charge in [-0.1, -0.05) is 35.6 Å². The van der Waals surface area contributed by atoms with Crippen LogP contribution in [0.4, 0.5) is 55.8 Å². The molecule has 2 heterocycles. The van der Waals surface area contributed by atoms with E-state index in [2.05, 4.69) is 41.4 Å². The fraction of sp³-hybridized carbons (Fsp3) is 0.0208. The van der Waals surface area contributed by atoms with Crippen LogP contribution in [0.3, 0.4) is 0 Å². The number of thiophene rings is 1. The third-order valence-corrected chi connectivity index (χ3v) is 15.9. The van der Waals surface area contributed by atoms with Crippen molar-refractivity contribution in [2.45, 2.75) is 26.5 Å². The lowest BCUT2D eigenvalue weighted by Gasteiger charge is -2.16. The summed E-state index contributed by atoms with van der Waals surface area (Å²) in [4.78, 5) is 37.1. The van der Waals surface area contributed by atoms with E-state index in [1.807, 2.05) is 12.1 Å². The van der Waals surface area contributed by atoms with Crippen molar-refractivity contribution in [2.75, 3.05) is 16.0 Å². The zero-order valence-corrected chi connectivity index (χ0v) is 44.4. The van der Waals surface area contributed by atoms with Gasteiger partial charge in [0, 0.05) is 51.1 Å². The Morgan fingerprint density at radius 1 is 0.617 bits per heavy atom. The number of nitrogens with one attached hydrogen (secondary N) is 3. The Hall–Kier alpha value is -9.81. The van der Waals surface area contributed by atoms with Crippen LogP contribution in [-0.4, -0.2) is 78.8 Å². The number of carbonyl (C=O) groups excluding carboxylic acids is 1. The molecule has 0 bridgehead atoms. The van der Waals surface area contributed by atoms with Gasteiger partial charge in [0.1, 0.15) is 38.2 Å². The number of pyridine rings is 1. The second-order valence-corrected chi connectivity index (χ2v) is 23.2. The predicted molar refractivity (Wildman–Crippen MR) is 287 cm³/mol. The molecule has 1 amide bonds. The molecule has 0 atom stereocenters. The van der Waals surface area contributed by atoms with E-state index in [9.17, 15) is 87.2 Å². The summed E-state index contributed by atoms with van der Waals surface area (Å²) in [5, 5.41) is 66.2. The van der Waals surface area contributed by atoms with Crippen LogP contribution in [0.2, 0.25) is 0 Å². The van der Waals surface area contributed by atoms with Crippen molar-refractivity contribution < 1.29 is 71.5 Å². The van der Waals surface area contributed by atoms with Crippen LogP contribution >= 0.6 is 11.3 Å². The molecule has 0 radical (unpaired) electrons. The average molecular weight is 1190 g/mol. The van der Waals surface area contributed by atoms with Gasteiger partial charge < -0.3 is 21.1 Å². The summed E-state index contributed by atoms with van der Waals surface area (Å²) in [5.74, 6) is -2.51. The van der Waals surface area contributed by atoms with E-state index in [1.165, 1.54) is 79.7 Å². The number of carbonyl (C=O) groups is 2. The number of nitrogens with zero attached hydrogens (tertiary/aromatic N) is 8. The molecule has 0 unspecified atom stereocenters. The largest absolute Gasteiger partial charge is 0.478 e. The summed E-state index contributed by atoms with van der Waals surface area (Å²) in [5.41, 5.74) is -2.04. The minimum Gasteiger partial charge on any atom is -0.478 e. The lowest BCUT2D eigenvalue weighted by molar-refractivity contribution is -0.384. The fourth-order valence-electron chi connectivity index (χ4n) is 7.69. The number of benzene rings is 6. The highest BCUT2D eigenvalue weighted by atomic mass is 32.2. The maximum Gasteiger partial charge on any atom is 0.336 e. The number of non-ortho nitro benzene ring substituents is 1. The number of carboxylic acids is 1. The zero-order valence-electron chi connectivity index (χ0n) is 40.3. The number of carboxylic acid groups (broad SMARTS) is 1. The number of nitriles is 2. The van der Waals surface area contributed by atoms with E-state index >= 15 is 0 Å². The highest BCUT2D eigenvalue weighted by Gasteiger charge is 2.28. The summed E-state index contributed by atoms with van der Waals surface area (Å²) in [7, 11) is -19.9. The molecule has 33 heteroatoms. The van der Waals surface area contributed by atoms with Crippen molar-refractivity contribution in [2.24, 2.45) is 20.5 Å². The number of nitro groups is 1. The van der Waals surface area contributed by atoms with Crippen molar-refractivity contribution in [1.29, 1.82) is 10.5 Å². The van der Waals surface area contributed by atoms with Crippen LogP contribution in [0.15, 0.2) is 161 Å². The van der Waals surface area contributed by atoms with Crippen molar-refractivity contribution in [3.8, 4) is 23.3 Å². The Morgan fingerprint density at radius 3 is 1.64 bits per heavy atom. The highest BCUT2D eigenvalue weighted by Crippen LogP contribution is 2.49. The Labute approximate surface area is 460 Å². The third kappa shape index (κ3) is 12.6. The van der Waals surface area contributed by atoms with Gasteiger partial charge in [0.05, 0.1) is 37.1 Å². The number of fused-ring (bicyclic) bond motifs is 1. The van der Waals surface area contributed by atoms with E-state index in [0.717, 1.165) is 30.3 Å². The number of amides is 1. The Balaban J connectivity index is 1.30. The maximum absolute atomic E-state index is 13.2. The minimum absolute atomic E-state index is 0.0599. The van der Waals surface area contributed by atoms with Gasteiger partial charge in [0.15, 0.2) is 16.6 Å². The summed E-state index contributed by atoms with van der Waals surface area (Å²) in [6, 6.07) is 26.8. The number of hydrogen-bond donors (Lipinski definition) is 8. The standard InChI is InChI=1S/C48H31N11O17S5/c1-24-37(22-49)43(51-26-10-14-31(15-11-26)78(65,66)67)54-44(52-27-12-16-32(17-13-27)79(68,69)70)42(24)56-57-46-38(23-50)41(25-6-8-28(9-7-25)53-45(60)33-4-2-3-5-34(33)48(61)62)47(77-46)58-55-29-18-35-36(39(19-29)80(71,72)73)20-30(59(63)64)21-40(35)81(74,75)76/h2-21H,1H3,(H,53,60)(H,61,62)(H2,51,52,54)(H,65,66,67)(H,68,69,70)(H,71,72,73)(H,74,75,76)/b57-56?,58-55+. The highest BCUT2D eigenvalue weighted by molar-refractivity contribution is 7.87. The summed E-state index contributed by atoms with van der Waals surface area (Å²) >= 11 is 0.617. The van der Waals surface area contributed by atoms with Crippen molar-refractivity contribution in [3.63, 3.8) is 0 Å². The van der Waals surface area contributed by atoms with Gasteiger partial charge in [-0.15, -0.1) is 20.5 Å². The second kappa shape index (κ2) is 22.1. The number of nitro benzene ring substituents is 1. The van der Waals surface area contributed by atoms with Gasteiger partial charge in [-0.05, 0) is 97.4 Å². The number of azo groups is 2. The molecule has 0 saturated heterocycles. The van der Waals surface area contributed by atoms with Gasteiger partial charge in [0.2, 0.25) is 0 Å². The van der Waals surface area contributed by atoms with Crippen molar-refractivity contribution in [3.05, 3.63) is 159 Å². The van der Waals surface area contributed by atoms with Crippen LogP contribution < -0.4 is 16.0 Å². The average Bonchev–Trinajstić information content (AvgIpc) is 3.78. The smallest absolute Gasteiger partial charge is 0.336 e. The van der Waals surface area contributed by atoms with Gasteiger partial charge in [-0.2, -0.15) is 44.2 Å². The molecule has 8 rings (SSSR count). The minimum atomic E-state index is -5.36. The molecule has 8 N–H and O–H groups in total. The molecule has 0 fully saturated rings. The first-order chi connectivity index (χ1) is 38.0. The first-order valence-electron chi connectivity index (χ1n) is 22.0. The SMILES string of the molecule is Cc1c(C#N)c(Nc2ccc(S(=O)(=O)O)cc2)nc(Nc2ccc(S(=O)(=O)O)cc2)c1N=Nc1sc(/N=N/c2cc(S(=O)(=O)O)c3cc([N+](=O)[O-])cc(S(=O)(=O)O)c3c2)c(-c2ccc(NC(=O)c3ccccc3C(=O)O)cc2)c1C#N. The number of aromatic nitrogens is 1. The van der Waals surface area contributed by atoms with E-state index < -0.39 is 99.0 Å². The van der Waals surface area contributed by atoms with Gasteiger partial charge in [-0.3, -0.25) is 33.1 Å². The molecule has 8 aromatic rings. The number of hydrogen-bond acceptors (Lipinski definition) is 22. The Kier molecular flexibility index (Phi) is 15.7. The molecule has 0 aliphatic rings. The molecule has 0 saturated carbocycles. The monoisotopic (exact) mass is 1190 g/mol. The molecule has 410 valence electrons. The van der Waals surface area contributed by atoms with Crippen molar-refractivity contribution in [1.82, 2.24) is 4.98 Å². The Morgan fingerprint density at radius 2 is 1.12 bits per heavy atom. The van der Waals surface area contributed by atoms with Crippen LogP contribution in [0.5, 0.6) is 0 Å². The lowest BCUT2D eigenvalue weighted by atomic mass is 10.0. The normalized spacial score (nSPS) is 12.0.